The monoisotopic (exact) mass is 383 g/mol. The van der Waals surface area contributed by atoms with Crippen molar-refractivity contribution in [2.75, 3.05) is 11.9 Å². The molecule has 2 aromatic rings. The maximum atomic E-state index is 12.2. The van der Waals surface area contributed by atoms with E-state index in [2.05, 4.69) is 10.1 Å². The predicted molar refractivity (Wildman–Crippen MR) is 97.1 cm³/mol. The molecule has 0 amide bonds. The third-order valence-electron chi connectivity index (χ3n) is 3.16. The molecule has 0 heterocycles. The van der Waals surface area contributed by atoms with Crippen molar-refractivity contribution < 1.29 is 17.9 Å². The first-order valence-corrected chi connectivity index (χ1v) is 7.93. The van der Waals surface area contributed by atoms with Crippen LogP contribution < -0.4 is 11.1 Å². The zero-order chi connectivity index (χ0) is 19.2. The van der Waals surface area contributed by atoms with Gasteiger partial charge in [-0.3, -0.25) is 5.41 Å². The Morgan fingerprint density at radius 1 is 1.19 bits per heavy atom. The third kappa shape index (κ3) is 6.78. The van der Waals surface area contributed by atoms with Crippen molar-refractivity contribution in [1.29, 1.82) is 5.41 Å². The maximum absolute atomic E-state index is 12.2. The van der Waals surface area contributed by atoms with E-state index in [0.29, 0.717) is 21.8 Å². The van der Waals surface area contributed by atoms with Crippen molar-refractivity contribution in [2.45, 2.75) is 12.8 Å². The second-order valence-corrected chi connectivity index (χ2v) is 5.90. The summed E-state index contributed by atoms with van der Waals surface area (Å²) in [4.78, 5) is 0. The van der Waals surface area contributed by atoms with Gasteiger partial charge in [-0.1, -0.05) is 29.8 Å². The van der Waals surface area contributed by atoms with Gasteiger partial charge in [0.05, 0.1) is 6.61 Å². The summed E-state index contributed by atoms with van der Waals surface area (Å²) in [5.74, 6) is -0.182. The summed E-state index contributed by atoms with van der Waals surface area (Å²) in [6.07, 6.45) is -2.99. The number of para-hydroxylation sites is 1. The highest BCUT2D eigenvalue weighted by Crippen LogP contribution is 2.24. The standard InChI is InChI=1S/C18H17ClF3N3O/c19-14-7-12(10-26-11-18(20,21)22)6-13(8-14)16(9-17(23)24)25-15-4-2-1-3-5-15/h1-9,25H,10-11H2,(H3,23,24)/b16-9-. The second-order valence-electron chi connectivity index (χ2n) is 5.46. The van der Waals surface area contributed by atoms with Gasteiger partial charge in [0.15, 0.2) is 0 Å². The number of nitrogens with two attached hydrogens (primary N) is 1. The molecule has 2 aromatic carbocycles. The Morgan fingerprint density at radius 3 is 2.50 bits per heavy atom. The van der Waals surface area contributed by atoms with Crippen LogP contribution in [0, 0.1) is 5.41 Å². The van der Waals surface area contributed by atoms with E-state index in [1.165, 1.54) is 12.1 Å². The van der Waals surface area contributed by atoms with Gasteiger partial charge in [-0.15, -0.1) is 0 Å². The van der Waals surface area contributed by atoms with Gasteiger partial charge >= 0.3 is 6.18 Å². The molecule has 4 nitrogen and oxygen atoms in total. The van der Waals surface area contributed by atoms with Crippen LogP contribution >= 0.6 is 11.6 Å². The first kappa shape index (κ1) is 19.8. The van der Waals surface area contributed by atoms with Crippen LogP contribution in [-0.4, -0.2) is 18.6 Å². The first-order valence-electron chi connectivity index (χ1n) is 7.55. The molecule has 4 N–H and O–H groups in total. The Kier molecular flexibility index (Phi) is 6.65. The summed E-state index contributed by atoms with van der Waals surface area (Å²) >= 11 is 6.08. The van der Waals surface area contributed by atoms with Gasteiger partial charge in [-0.25, -0.2) is 0 Å². The molecule has 0 radical (unpaired) electrons. The van der Waals surface area contributed by atoms with E-state index in [-0.39, 0.29) is 12.4 Å². The van der Waals surface area contributed by atoms with E-state index in [9.17, 15) is 13.2 Å². The molecule has 0 aliphatic heterocycles. The molecule has 0 aliphatic rings. The van der Waals surface area contributed by atoms with Crippen LogP contribution in [0.4, 0.5) is 18.9 Å². The molecule has 0 aromatic heterocycles. The van der Waals surface area contributed by atoms with Crippen LogP contribution in [0.15, 0.2) is 54.6 Å². The Bertz CT molecular complexity index is 792. The van der Waals surface area contributed by atoms with E-state index in [1.807, 2.05) is 30.3 Å². The molecule has 26 heavy (non-hydrogen) atoms. The van der Waals surface area contributed by atoms with E-state index in [0.717, 1.165) is 5.69 Å². The fraction of sp³-hybridized carbons (Fsp3) is 0.167. The predicted octanol–water partition coefficient (Wildman–Crippen LogP) is 4.81. The van der Waals surface area contributed by atoms with Gasteiger partial charge in [0, 0.05) is 22.5 Å². The van der Waals surface area contributed by atoms with Crippen LogP contribution in [0.1, 0.15) is 11.1 Å². The fourth-order valence-electron chi connectivity index (χ4n) is 2.20. The average molecular weight is 384 g/mol. The van der Waals surface area contributed by atoms with Gasteiger partial charge in [0.2, 0.25) is 0 Å². The highest BCUT2D eigenvalue weighted by molar-refractivity contribution is 6.30. The summed E-state index contributed by atoms with van der Waals surface area (Å²) in [6.45, 7) is -1.58. The lowest BCUT2D eigenvalue weighted by Crippen LogP contribution is -2.16. The smallest absolute Gasteiger partial charge is 0.384 e. The molecule has 138 valence electrons. The number of anilines is 1. The summed E-state index contributed by atoms with van der Waals surface area (Å²) in [5.41, 5.74) is 7.77. The Hall–Kier alpha value is -2.51. The van der Waals surface area contributed by atoms with Gasteiger partial charge in [-0.05, 0) is 41.5 Å². The molecule has 0 saturated heterocycles. The van der Waals surface area contributed by atoms with Gasteiger partial charge in [0.25, 0.3) is 0 Å². The molecular weight excluding hydrogens is 367 g/mol. The van der Waals surface area contributed by atoms with Crippen molar-refractivity contribution in [3.8, 4) is 0 Å². The van der Waals surface area contributed by atoms with Crippen molar-refractivity contribution in [1.82, 2.24) is 0 Å². The largest absolute Gasteiger partial charge is 0.411 e. The molecule has 0 unspecified atom stereocenters. The number of amidine groups is 1. The number of hydrogen-bond donors (Lipinski definition) is 3. The molecule has 0 saturated carbocycles. The topological polar surface area (TPSA) is 71.1 Å². The number of nitrogens with one attached hydrogen (secondary N) is 2. The zero-order valence-corrected chi connectivity index (χ0v) is 14.4. The van der Waals surface area contributed by atoms with Gasteiger partial charge < -0.3 is 15.8 Å². The number of rotatable bonds is 7. The molecule has 0 atom stereocenters. The highest BCUT2D eigenvalue weighted by atomic mass is 35.5. The third-order valence-corrected chi connectivity index (χ3v) is 3.37. The Labute approximate surface area is 153 Å². The van der Waals surface area contributed by atoms with Crippen LogP contribution in [0.5, 0.6) is 0 Å². The molecule has 0 spiro atoms. The van der Waals surface area contributed by atoms with Crippen LogP contribution in [0.2, 0.25) is 5.02 Å². The second kappa shape index (κ2) is 8.73. The van der Waals surface area contributed by atoms with Crippen molar-refractivity contribution >= 4 is 28.8 Å². The minimum Gasteiger partial charge on any atom is -0.384 e. The van der Waals surface area contributed by atoms with Gasteiger partial charge in [-0.2, -0.15) is 13.2 Å². The van der Waals surface area contributed by atoms with E-state index < -0.39 is 12.8 Å². The van der Waals surface area contributed by atoms with Crippen molar-refractivity contribution in [3.63, 3.8) is 0 Å². The molecule has 8 heteroatoms. The molecule has 0 bridgehead atoms. The first-order chi connectivity index (χ1) is 12.2. The minimum absolute atomic E-state index is 0.182. The normalized spacial score (nSPS) is 12.1. The van der Waals surface area contributed by atoms with E-state index in [4.69, 9.17) is 22.7 Å². The lowest BCUT2D eigenvalue weighted by Gasteiger charge is -2.14. The SMILES string of the molecule is N=C(N)/C=C(\Nc1ccccc1)c1cc(Cl)cc(COCC(F)(F)F)c1. The highest BCUT2D eigenvalue weighted by Gasteiger charge is 2.27. The number of alkyl halides is 3. The Balaban J connectivity index is 2.25. The lowest BCUT2D eigenvalue weighted by atomic mass is 10.1. The average Bonchev–Trinajstić information content (AvgIpc) is 2.53. The summed E-state index contributed by atoms with van der Waals surface area (Å²) < 4.78 is 41.4. The molecule has 0 aliphatic carbocycles. The molecular formula is C18H17ClF3N3O. The number of halogens is 4. The number of benzene rings is 2. The summed E-state index contributed by atoms with van der Waals surface area (Å²) in [6, 6.07) is 14.0. The van der Waals surface area contributed by atoms with Crippen molar-refractivity contribution in [3.05, 3.63) is 70.8 Å². The van der Waals surface area contributed by atoms with E-state index in [1.54, 1.807) is 12.1 Å². The quantitative estimate of drug-likeness (QED) is 0.474. The minimum atomic E-state index is -4.39. The molecule has 0 fully saturated rings. The van der Waals surface area contributed by atoms with Gasteiger partial charge in [0.1, 0.15) is 12.4 Å². The van der Waals surface area contributed by atoms with Crippen LogP contribution in [0.25, 0.3) is 5.70 Å². The maximum Gasteiger partial charge on any atom is 0.411 e. The zero-order valence-electron chi connectivity index (χ0n) is 13.6. The number of ether oxygens (including phenoxy) is 1. The lowest BCUT2D eigenvalue weighted by molar-refractivity contribution is -0.176. The van der Waals surface area contributed by atoms with Crippen LogP contribution in [0.3, 0.4) is 0 Å². The number of hydrogen-bond acceptors (Lipinski definition) is 3. The summed E-state index contributed by atoms with van der Waals surface area (Å²) in [7, 11) is 0. The van der Waals surface area contributed by atoms with E-state index >= 15 is 0 Å². The Morgan fingerprint density at radius 2 is 1.88 bits per heavy atom. The fourth-order valence-corrected chi connectivity index (χ4v) is 2.46. The summed E-state index contributed by atoms with van der Waals surface area (Å²) in [5, 5.41) is 11.0. The van der Waals surface area contributed by atoms with Crippen LogP contribution in [-0.2, 0) is 11.3 Å². The van der Waals surface area contributed by atoms with Crippen molar-refractivity contribution in [2.24, 2.45) is 5.73 Å². The molecule has 2 rings (SSSR count).